The summed E-state index contributed by atoms with van der Waals surface area (Å²) in [6.45, 7) is 0.625. The molecule has 1 aliphatic rings. The molecule has 0 aliphatic carbocycles. The van der Waals surface area contributed by atoms with Crippen molar-refractivity contribution in [2.24, 2.45) is 0 Å². The Morgan fingerprint density at radius 3 is 3.36 bits per heavy atom. The molecule has 58 valence electrons. The van der Waals surface area contributed by atoms with Gasteiger partial charge in [-0.2, -0.15) is 0 Å². The molecule has 1 amide bonds. The van der Waals surface area contributed by atoms with E-state index in [4.69, 9.17) is 11.6 Å². The third kappa shape index (κ3) is 0.991. The molecule has 2 heterocycles. The molecular formula is C6H6ClN3O. The second kappa shape index (κ2) is 2.23. The SMILES string of the molecule is O=C1CCn2c(cnc2Cl)N1. The number of anilines is 1. The Morgan fingerprint density at radius 1 is 1.73 bits per heavy atom. The van der Waals surface area contributed by atoms with E-state index in [9.17, 15) is 4.79 Å². The predicted octanol–water partition coefficient (Wildman–Crippen LogP) is 0.879. The summed E-state index contributed by atoms with van der Waals surface area (Å²) < 4.78 is 1.77. The van der Waals surface area contributed by atoms with Crippen LogP contribution in [0.2, 0.25) is 5.28 Å². The van der Waals surface area contributed by atoms with Crippen LogP contribution in [0.3, 0.4) is 0 Å². The number of nitrogens with one attached hydrogen (secondary N) is 1. The number of carbonyl (C=O) groups is 1. The Morgan fingerprint density at radius 2 is 2.55 bits per heavy atom. The maximum absolute atomic E-state index is 10.8. The highest BCUT2D eigenvalue weighted by Crippen LogP contribution is 2.19. The number of carbonyl (C=O) groups excluding carboxylic acids is 1. The number of rotatable bonds is 0. The van der Waals surface area contributed by atoms with Crippen LogP contribution in [0.15, 0.2) is 6.20 Å². The van der Waals surface area contributed by atoms with Crippen molar-refractivity contribution in [3.63, 3.8) is 0 Å². The Hall–Kier alpha value is -1.03. The van der Waals surface area contributed by atoms with E-state index in [1.165, 1.54) is 0 Å². The van der Waals surface area contributed by atoms with Crippen molar-refractivity contribution in [2.75, 3.05) is 5.32 Å². The van der Waals surface area contributed by atoms with Crippen LogP contribution in [0.5, 0.6) is 0 Å². The van der Waals surface area contributed by atoms with E-state index in [-0.39, 0.29) is 5.91 Å². The largest absolute Gasteiger partial charge is 0.311 e. The van der Waals surface area contributed by atoms with Crippen LogP contribution < -0.4 is 5.32 Å². The van der Waals surface area contributed by atoms with Gasteiger partial charge in [-0.05, 0) is 11.6 Å². The van der Waals surface area contributed by atoms with Crippen molar-refractivity contribution in [1.82, 2.24) is 9.55 Å². The lowest BCUT2D eigenvalue weighted by Gasteiger charge is -2.14. The van der Waals surface area contributed by atoms with Crippen molar-refractivity contribution in [1.29, 1.82) is 0 Å². The Labute approximate surface area is 68.2 Å². The number of hydrogen-bond donors (Lipinski definition) is 1. The molecule has 0 unspecified atom stereocenters. The molecule has 1 aromatic heterocycles. The first kappa shape index (κ1) is 6.67. The third-order valence-corrected chi connectivity index (χ3v) is 1.94. The van der Waals surface area contributed by atoms with E-state index in [1.807, 2.05) is 0 Å². The molecule has 11 heavy (non-hydrogen) atoms. The maximum Gasteiger partial charge on any atom is 0.227 e. The molecule has 0 radical (unpaired) electrons. The molecule has 4 nitrogen and oxygen atoms in total. The van der Waals surface area contributed by atoms with Gasteiger partial charge in [0.25, 0.3) is 0 Å². The number of halogens is 1. The van der Waals surface area contributed by atoms with Crippen LogP contribution in [-0.2, 0) is 11.3 Å². The van der Waals surface area contributed by atoms with Crippen molar-refractivity contribution in [2.45, 2.75) is 13.0 Å². The predicted molar refractivity (Wildman–Crippen MR) is 40.5 cm³/mol. The minimum absolute atomic E-state index is 0.0223. The average Bonchev–Trinajstić information content (AvgIpc) is 2.32. The maximum atomic E-state index is 10.8. The van der Waals surface area contributed by atoms with Gasteiger partial charge in [0.1, 0.15) is 5.82 Å². The summed E-state index contributed by atoms with van der Waals surface area (Å²) in [5.74, 6) is 0.709. The monoisotopic (exact) mass is 171 g/mol. The number of fused-ring (bicyclic) bond motifs is 1. The van der Waals surface area contributed by atoms with Crippen molar-refractivity contribution in [3.05, 3.63) is 11.5 Å². The normalized spacial score (nSPS) is 15.9. The molecular weight excluding hydrogens is 166 g/mol. The van der Waals surface area contributed by atoms with E-state index < -0.39 is 0 Å². The first-order valence-corrected chi connectivity index (χ1v) is 3.66. The number of imidazole rings is 1. The molecule has 0 fully saturated rings. The molecule has 0 saturated carbocycles. The number of hydrogen-bond acceptors (Lipinski definition) is 2. The molecule has 0 atom stereocenters. The fourth-order valence-electron chi connectivity index (χ4n) is 1.08. The van der Waals surface area contributed by atoms with Crippen LogP contribution >= 0.6 is 11.6 Å². The molecule has 0 saturated heterocycles. The minimum Gasteiger partial charge on any atom is -0.311 e. The summed E-state index contributed by atoms with van der Waals surface area (Å²) in [4.78, 5) is 14.7. The molecule has 1 aromatic rings. The summed E-state index contributed by atoms with van der Waals surface area (Å²) in [6.07, 6.45) is 2.03. The van der Waals surface area contributed by atoms with Crippen LogP contribution in [0.4, 0.5) is 5.82 Å². The molecule has 0 aromatic carbocycles. The summed E-state index contributed by atoms with van der Waals surface area (Å²) in [5, 5.41) is 3.09. The number of aromatic nitrogens is 2. The lowest BCUT2D eigenvalue weighted by Crippen LogP contribution is -2.22. The molecule has 1 aliphatic heterocycles. The van der Waals surface area contributed by atoms with Crippen LogP contribution in [0.25, 0.3) is 0 Å². The summed E-state index contributed by atoms with van der Waals surface area (Å²) in [5.41, 5.74) is 0. The zero-order valence-electron chi connectivity index (χ0n) is 5.67. The van der Waals surface area contributed by atoms with Gasteiger partial charge >= 0.3 is 0 Å². The summed E-state index contributed by atoms with van der Waals surface area (Å²) in [6, 6.07) is 0. The fourth-order valence-corrected chi connectivity index (χ4v) is 1.31. The molecule has 0 spiro atoms. The van der Waals surface area contributed by atoms with Crippen LogP contribution in [0.1, 0.15) is 6.42 Å². The molecule has 2 rings (SSSR count). The third-order valence-electron chi connectivity index (χ3n) is 1.64. The van der Waals surface area contributed by atoms with Gasteiger partial charge in [-0.15, -0.1) is 0 Å². The van der Waals surface area contributed by atoms with E-state index in [1.54, 1.807) is 10.8 Å². The molecule has 0 bridgehead atoms. The van der Waals surface area contributed by atoms with E-state index in [0.29, 0.717) is 24.1 Å². The Balaban J connectivity index is 2.44. The highest BCUT2D eigenvalue weighted by molar-refractivity contribution is 6.28. The second-order valence-electron chi connectivity index (χ2n) is 2.36. The lowest BCUT2D eigenvalue weighted by molar-refractivity contribution is -0.116. The average molecular weight is 172 g/mol. The van der Waals surface area contributed by atoms with Crippen molar-refractivity contribution in [3.8, 4) is 0 Å². The first-order valence-electron chi connectivity index (χ1n) is 3.28. The highest BCUT2D eigenvalue weighted by atomic mass is 35.5. The van der Waals surface area contributed by atoms with Gasteiger partial charge in [0, 0.05) is 13.0 Å². The topological polar surface area (TPSA) is 46.9 Å². The number of nitrogens with zero attached hydrogens (tertiary/aromatic N) is 2. The van der Waals surface area contributed by atoms with Gasteiger partial charge in [0.2, 0.25) is 11.2 Å². The second-order valence-corrected chi connectivity index (χ2v) is 2.70. The fraction of sp³-hybridized carbons (Fsp3) is 0.333. The standard InChI is InChI=1S/C6H6ClN3O/c7-6-8-3-4-9-5(11)1-2-10(4)6/h3H,1-2H2,(H,9,11). The van der Waals surface area contributed by atoms with Gasteiger partial charge in [0.05, 0.1) is 6.20 Å². The quantitative estimate of drug-likeness (QED) is 0.630. The van der Waals surface area contributed by atoms with E-state index >= 15 is 0 Å². The number of amides is 1. The highest BCUT2D eigenvalue weighted by Gasteiger charge is 2.16. The van der Waals surface area contributed by atoms with Gasteiger partial charge in [-0.25, -0.2) is 4.98 Å². The van der Waals surface area contributed by atoms with E-state index in [0.717, 1.165) is 0 Å². The zero-order valence-corrected chi connectivity index (χ0v) is 6.43. The zero-order chi connectivity index (χ0) is 7.84. The van der Waals surface area contributed by atoms with Crippen molar-refractivity contribution >= 4 is 23.3 Å². The Bertz CT molecular complexity index is 307. The molecule has 5 heteroatoms. The smallest absolute Gasteiger partial charge is 0.227 e. The minimum atomic E-state index is 0.0223. The lowest BCUT2D eigenvalue weighted by atomic mass is 10.3. The first-order chi connectivity index (χ1) is 5.27. The van der Waals surface area contributed by atoms with Crippen LogP contribution in [0, 0.1) is 0 Å². The van der Waals surface area contributed by atoms with E-state index in [2.05, 4.69) is 10.3 Å². The van der Waals surface area contributed by atoms with Gasteiger partial charge in [0.15, 0.2) is 0 Å². The van der Waals surface area contributed by atoms with Gasteiger partial charge in [-0.3, -0.25) is 4.79 Å². The summed E-state index contributed by atoms with van der Waals surface area (Å²) in [7, 11) is 0. The van der Waals surface area contributed by atoms with Crippen molar-refractivity contribution < 1.29 is 4.79 Å². The van der Waals surface area contributed by atoms with Crippen LogP contribution in [-0.4, -0.2) is 15.5 Å². The molecule has 1 N–H and O–H groups in total. The Kier molecular flexibility index (Phi) is 1.35. The van der Waals surface area contributed by atoms with Gasteiger partial charge in [-0.1, -0.05) is 0 Å². The van der Waals surface area contributed by atoms with Gasteiger partial charge < -0.3 is 9.88 Å². The summed E-state index contributed by atoms with van der Waals surface area (Å²) >= 11 is 5.71.